The summed E-state index contributed by atoms with van der Waals surface area (Å²) in [5.74, 6) is -0.993. The number of carbonyl (C=O) groups excluding carboxylic acids is 5. The summed E-state index contributed by atoms with van der Waals surface area (Å²) in [4.78, 5) is 68.6. The van der Waals surface area contributed by atoms with Crippen LogP contribution in [0.4, 0.5) is 0 Å². The molecule has 210 valence electrons. The number of pyridine rings is 1. The average molecular weight is 557 g/mol. The van der Waals surface area contributed by atoms with Gasteiger partial charge in [0.1, 0.15) is 11.8 Å². The highest BCUT2D eigenvalue weighted by atomic mass is 16.5. The second-order valence-electron chi connectivity index (χ2n) is 10.4. The standard InChI is InChI=1S/C29H28N6O6/c1-17(36)18-4-8-25(30-13-18)34-15-19-14-33(16-23(19)32-34)10-2-3-11-41-20-5-6-21-22(12-20)29(40)35(28(21)39)24-7-9-26(37)31-27(24)38/h4-6,8,12-13,15,24H,2-3,7,9-11,14,16H2,1H3,(H,31,37,38). The topological polar surface area (TPSA) is 144 Å². The molecule has 12 nitrogen and oxygen atoms in total. The maximum atomic E-state index is 13.0. The zero-order valence-corrected chi connectivity index (χ0v) is 22.5. The van der Waals surface area contributed by atoms with Gasteiger partial charge < -0.3 is 4.74 Å². The molecular formula is C29H28N6O6. The second-order valence-corrected chi connectivity index (χ2v) is 10.4. The van der Waals surface area contributed by atoms with E-state index in [-0.39, 0.29) is 29.8 Å². The van der Waals surface area contributed by atoms with Gasteiger partial charge >= 0.3 is 0 Å². The first-order valence-corrected chi connectivity index (χ1v) is 13.5. The number of rotatable bonds is 9. The molecule has 0 spiro atoms. The summed E-state index contributed by atoms with van der Waals surface area (Å²) in [6, 6.07) is 7.29. The van der Waals surface area contributed by atoms with E-state index in [0.29, 0.717) is 23.7 Å². The van der Waals surface area contributed by atoms with Gasteiger partial charge in [-0.25, -0.2) is 9.67 Å². The highest BCUT2D eigenvalue weighted by molar-refractivity contribution is 6.23. The minimum atomic E-state index is -0.990. The number of aromatic nitrogens is 3. The predicted octanol–water partition coefficient (Wildman–Crippen LogP) is 2.05. The number of ether oxygens (including phenoxy) is 1. The number of unbranched alkanes of at least 4 members (excludes halogenated alkanes) is 1. The van der Waals surface area contributed by atoms with Crippen molar-refractivity contribution in [1.29, 1.82) is 0 Å². The fourth-order valence-corrected chi connectivity index (χ4v) is 5.39. The van der Waals surface area contributed by atoms with Crippen LogP contribution in [0.25, 0.3) is 5.82 Å². The van der Waals surface area contributed by atoms with Crippen molar-refractivity contribution in [3.8, 4) is 11.6 Å². The van der Waals surface area contributed by atoms with E-state index in [1.807, 2.05) is 6.20 Å². The van der Waals surface area contributed by atoms with Crippen molar-refractivity contribution in [1.82, 2.24) is 29.9 Å². The number of benzene rings is 1. The minimum Gasteiger partial charge on any atom is -0.494 e. The molecule has 1 N–H and O–H groups in total. The number of carbonyl (C=O) groups is 5. The summed E-state index contributed by atoms with van der Waals surface area (Å²) in [6.45, 7) is 4.39. The molecule has 0 bridgehead atoms. The van der Waals surface area contributed by atoms with Crippen LogP contribution in [0.1, 0.15) is 74.9 Å². The normalized spacial score (nSPS) is 18.5. The molecule has 6 rings (SSSR count). The third-order valence-electron chi connectivity index (χ3n) is 7.58. The van der Waals surface area contributed by atoms with Gasteiger partial charge in [-0.3, -0.25) is 39.1 Å². The molecule has 1 atom stereocenters. The fraction of sp³-hybridized carbons (Fsp3) is 0.345. The van der Waals surface area contributed by atoms with E-state index in [1.54, 1.807) is 41.2 Å². The molecule has 3 aliphatic heterocycles. The molecule has 1 unspecified atom stereocenters. The van der Waals surface area contributed by atoms with E-state index in [1.165, 1.54) is 6.92 Å². The molecule has 3 aliphatic rings. The SMILES string of the molecule is CC(=O)c1ccc(-n2cc3c(n2)CN(CCCCOc2ccc4c(c2)C(=O)N(C2CCC(=O)NC2=O)C4=O)C3)nc1. The van der Waals surface area contributed by atoms with Crippen molar-refractivity contribution in [3.05, 3.63) is 70.7 Å². The molecule has 1 aromatic carbocycles. The van der Waals surface area contributed by atoms with Gasteiger partial charge in [-0.15, -0.1) is 0 Å². The van der Waals surface area contributed by atoms with E-state index in [0.717, 1.165) is 48.6 Å². The van der Waals surface area contributed by atoms with Gasteiger partial charge in [0.05, 0.1) is 23.4 Å². The minimum absolute atomic E-state index is 0.0229. The van der Waals surface area contributed by atoms with Gasteiger partial charge in [0.25, 0.3) is 11.8 Å². The van der Waals surface area contributed by atoms with Gasteiger partial charge in [0.2, 0.25) is 11.8 Å². The van der Waals surface area contributed by atoms with Gasteiger partial charge in [-0.1, -0.05) is 0 Å². The molecule has 1 fully saturated rings. The van der Waals surface area contributed by atoms with Crippen LogP contribution in [0.2, 0.25) is 0 Å². The third-order valence-corrected chi connectivity index (χ3v) is 7.58. The zero-order chi connectivity index (χ0) is 28.7. The highest BCUT2D eigenvalue weighted by Gasteiger charge is 2.44. The van der Waals surface area contributed by atoms with E-state index in [9.17, 15) is 24.0 Å². The van der Waals surface area contributed by atoms with Crippen LogP contribution in [0.5, 0.6) is 5.75 Å². The first-order valence-electron chi connectivity index (χ1n) is 13.5. The fourth-order valence-electron chi connectivity index (χ4n) is 5.39. The number of fused-ring (bicyclic) bond motifs is 2. The van der Waals surface area contributed by atoms with Crippen molar-refractivity contribution >= 4 is 29.4 Å². The Labute approximate surface area is 235 Å². The van der Waals surface area contributed by atoms with Crippen molar-refractivity contribution in [2.75, 3.05) is 13.2 Å². The van der Waals surface area contributed by atoms with E-state index in [2.05, 4.69) is 20.3 Å². The lowest BCUT2D eigenvalue weighted by atomic mass is 10.0. The Kier molecular flexibility index (Phi) is 6.91. The monoisotopic (exact) mass is 556 g/mol. The van der Waals surface area contributed by atoms with E-state index in [4.69, 9.17) is 4.74 Å². The lowest BCUT2D eigenvalue weighted by Gasteiger charge is -2.27. The Morgan fingerprint density at radius 1 is 1.05 bits per heavy atom. The number of hydrogen-bond donors (Lipinski definition) is 1. The molecular weight excluding hydrogens is 528 g/mol. The van der Waals surface area contributed by atoms with Crippen LogP contribution >= 0.6 is 0 Å². The first-order chi connectivity index (χ1) is 19.8. The Balaban J connectivity index is 0.967. The summed E-state index contributed by atoms with van der Waals surface area (Å²) in [6.07, 6.45) is 5.45. The number of Topliss-reactive ketones (excluding diaryl/α,β-unsaturated/α-hetero) is 1. The Morgan fingerprint density at radius 3 is 2.61 bits per heavy atom. The molecule has 0 saturated carbocycles. The van der Waals surface area contributed by atoms with Crippen molar-refractivity contribution < 1.29 is 28.7 Å². The summed E-state index contributed by atoms with van der Waals surface area (Å²) < 4.78 is 7.61. The van der Waals surface area contributed by atoms with Crippen LogP contribution in [0, 0.1) is 0 Å². The molecule has 5 heterocycles. The van der Waals surface area contributed by atoms with Gasteiger partial charge in [0.15, 0.2) is 11.6 Å². The lowest BCUT2D eigenvalue weighted by Crippen LogP contribution is -2.54. The van der Waals surface area contributed by atoms with Gasteiger partial charge in [0, 0.05) is 43.0 Å². The van der Waals surface area contributed by atoms with Gasteiger partial charge in [-0.05, 0) is 63.1 Å². The van der Waals surface area contributed by atoms with Crippen molar-refractivity contribution in [2.45, 2.75) is 51.7 Å². The number of nitrogens with one attached hydrogen (secondary N) is 1. The molecule has 4 amide bonds. The smallest absolute Gasteiger partial charge is 0.262 e. The van der Waals surface area contributed by atoms with Crippen LogP contribution in [0.3, 0.4) is 0 Å². The second kappa shape index (κ2) is 10.7. The number of hydrogen-bond acceptors (Lipinski definition) is 9. The first kappa shape index (κ1) is 26.5. The van der Waals surface area contributed by atoms with Crippen LogP contribution < -0.4 is 10.1 Å². The quantitative estimate of drug-likeness (QED) is 0.238. The highest BCUT2D eigenvalue weighted by Crippen LogP contribution is 2.30. The molecule has 0 aliphatic carbocycles. The molecule has 2 aromatic heterocycles. The number of ketones is 1. The number of nitrogens with zero attached hydrogens (tertiary/aromatic N) is 5. The maximum absolute atomic E-state index is 13.0. The molecule has 3 aromatic rings. The Hall–Kier alpha value is -4.71. The van der Waals surface area contributed by atoms with Gasteiger partial charge in [-0.2, -0.15) is 5.10 Å². The zero-order valence-electron chi connectivity index (χ0n) is 22.5. The van der Waals surface area contributed by atoms with E-state index < -0.39 is 29.7 Å². The number of imide groups is 2. The molecule has 12 heteroatoms. The predicted molar refractivity (Wildman–Crippen MR) is 143 cm³/mol. The summed E-state index contributed by atoms with van der Waals surface area (Å²) in [5.41, 5.74) is 3.17. The number of piperidine rings is 1. The maximum Gasteiger partial charge on any atom is 0.262 e. The van der Waals surface area contributed by atoms with E-state index >= 15 is 0 Å². The molecule has 1 saturated heterocycles. The van der Waals surface area contributed by atoms with Crippen molar-refractivity contribution in [2.24, 2.45) is 0 Å². The van der Waals surface area contributed by atoms with Crippen LogP contribution in [-0.4, -0.2) is 73.2 Å². The van der Waals surface area contributed by atoms with Crippen molar-refractivity contribution in [3.63, 3.8) is 0 Å². The molecule has 41 heavy (non-hydrogen) atoms. The summed E-state index contributed by atoms with van der Waals surface area (Å²) in [7, 11) is 0. The summed E-state index contributed by atoms with van der Waals surface area (Å²) in [5, 5.41) is 6.86. The van der Waals surface area contributed by atoms with Crippen LogP contribution in [0.15, 0.2) is 42.7 Å². The summed E-state index contributed by atoms with van der Waals surface area (Å²) >= 11 is 0. The Morgan fingerprint density at radius 2 is 1.88 bits per heavy atom. The molecule has 0 radical (unpaired) electrons. The lowest BCUT2D eigenvalue weighted by molar-refractivity contribution is -0.136. The Bertz CT molecular complexity index is 1560. The third kappa shape index (κ3) is 5.13. The number of amides is 4. The van der Waals surface area contributed by atoms with Crippen LogP contribution in [-0.2, 0) is 22.7 Å². The average Bonchev–Trinajstić information content (AvgIpc) is 3.59. The largest absolute Gasteiger partial charge is 0.494 e.